The number of halogens is 1. The fourth-order valence-corrected chi connectivity index (χ4v) is 4.29. The number of fused-ring (bicyclic) bond motifs is 2. The maximum atomic E-state index is 5.97. The molecule has 0 radical (unpaired) electrons. The largest absolute Gasteiger partial charge is 0.340 e. The third kappa shape index (κ3) is 3.07. The fourth-order valence-electron chi connectivity index (χ4n) is 3.26. The predicted molar refractivity (Wildman–Crippen MR) is 107 cm³/mol. The molecule has 4 aromatic rings. The van der Waals surface area contributed by atoms with Crippen molar-refractivity contribution in [3.05, 3.63) is 58.8 Å². The fraction of sp³-hybridized carbons (Fsp3) is 0.263. The van der Waals surface area contributed by atoms with E-state index in [9.17, 15) is 0 Å². The van der Waals surface area contributed by atoms with Gasteiger partial charge in [0.1, 0.15) is 5.82 Å². The van der Waals surface area contributed by atoms with Crippen LogP contribution in [0.4, 0.5) is 5.13 Å². The van der Waals surface area contributed by atoms with Gasteiger partial charge in [0.25, 0.3) is 0 Å². The molecule has 0 bridgehead atoms. The second kappa shape index (κ2) is 6.58. The molecule has 8 heteroatoms. The van der Waals surface area contributed by atoms with Crippen LogP contribution in [0.25, 0.3) is 16.2 Å². The monoisotopic (exact) mass is 396 g/mol. The Morgan fingerprint density at radius 3 is 2.81 bits per heavy atom. The van der Waals surface area contributed by atoms with E-state index in [0.29, 0.717) is 0 Å². The number of imidazole rings is 1. The van der Waals surface area contributed by atoms with Crippen molar-refractivity contribution < 1.29 is 0 Å². The van der Waals surface area contributed by atoms with Crippen LogP contribution in [0.5, 0.6) is 0 Å². The molecule has 3 aromatic heterocycles. The molecule has 0 amide bonds. The topological polar surface area (TPSA) is 59.2 Å². The number of benzene rings is 1. The zero-order valence-electron chi connectivity index (χ0n) is 14.8. The van der Waals surface area contributed by atoms with Crippen molar-refractivity contribution in [3.8, 4) is 11.3 Å². The number of hydrogen-bond acceptors (Lipinski definition) is 6. The Balaban J connectivity index is 1.42. The minimum atomic E-state index is 0.723. The van der Waals surface area contributed by atoms with Crippen molar-refractivity contribution >= 4 is 33.0 Å². The van der Waals surface area contributed by atoms with E-state index in [2.05, 4.69) is 16.8 Å². The van der Waals surface area contributed by atoms with E-state index in [4.69, 9.17) is 26.7 Å². The van der Waals surface area contributed by atoms with E-state index in [1.54, 1.807) is 11.3 Å². The maximum Gasteiger partial charge on any atom is 0.214 e. The van der Waals surface area contributed by atoms with Gasteiger partial charge in [0.2, 0.25) is 10.1 Å². The Kier molecular flexibility index (Phi) is 4.06. The molecule has 0 N–H and O–H groups in total. The molecule has 0 spiro atoms. The molecule has 0 saturated heterocycles. The first-order valence-electron chi connectivity index (χ1n) is 8.90. The highest BCUT2D eigenvalue weighted by atomic mass is 35.5. The van der Waals surface area contributed by atoms with E-state index < -0.39 is 0 Å². The lowest BCUT2D eigenvalue weighted by Crippen LogP contribution is -2.31. The highest BCUT2D eigenvalue weighted by molar-refractivity contribution is 7.20. The van der Waals surface area contributed by atoms with Gasteiger partial charge >= 0.3 is 0 Å². The van der Waals surface area contributed by atoms with E-state index >= 15 is 0 Å². The second-order valence-electron chi connectivity index (χ2n) is 6.53. The van der Waals surface area contributed by atoms with Crippen LogP contribution in [0.1, 0.15) is 24.0 Å². The summed E-state index contributed by atoms with van der Waals surface area (Å²) in [7, 11) is 0. The van der Waals surface area contributed by atoms with Crippen molar-refractivity contribution in [2.75, 3.05) is 11.4 Å². The smallest absolute Gasteiger partial charge is 0.214 e. The van der Waals surface area contributed by atoms with E-state index in [0.717, 1.165) is 63.8 Å². The summed E-state index contributed by atoms with van der Waals surface area (Å²) in [5.41, 5.74) is 4.30. The predicted octanol–water partition coefficient (Wildman–Crippen LogP) is 4.03. The molecule has 0 aliphatic carbocycles. The number of rotatable bonds is 3. The molecular weight excluding hydrogens is 380 g/mol. The molecule has 6 nitrogen and oxygen atoms in total. The number of nitrogens with zero attached hydrogens (tertiary/aromatic N) is 6. The molecule has 27 heavy (non-hydrogen) atoms. The van der Waals surface area contributed by atoms with Gasteiger partial charge in [-0.25, -0.2) is 19.5 Å². The Hall–Kier alpha value is -2.51. The second-order valence-corrected chi connectivity index (χ2v) is 7.90. The molecule has 0 fully saturated rings. The average Bonchev–Trinajstić information content (AvgIpc) is 3.27. The third-order valence-corrected chi connectivity index (χ3v) is 5.99. The van der Waals surface area contributed by atoms with Crippen molar-refractivity contribution in [2.24, 2.45) is 0 Å². The van der Waals surface area contributed by atoms with Gasteiger partial charge < -0.3 is 4.90 Å². The third-order valence-electron chi connectivity index (χ3n) is 4.76. The SMILES string of the molecule is CCc1ncc2c(n1)CN(c1nn3cc(-c4ccc(Cl)cc4)nc3s1)CC2. The van der Waals surface area contributed by atoms with Crippen LogP contribution in [-0.4, -0.2) is 31.1 Å². The molecule has 136 valence electrons. The molecule has 1 aromatic carbocycles. The summed E-state index contributed by atoms with van der Waals surface area (Å²) in [4.78, 5) is 17.0. The van der Waals surface area contributed by atoms with Crippen molar-refractivity contribution in [2.45, 2.75) is 26.3 Å². The van der Waals surface area contributed by atoms with Gasteiger partial charge in [0, 0.05) is 29.7 Å². The first-order valence-corrected chi connectivity index (χ1v) is 10.1. The average molecular weight is 397 g/mol. The lowest BCUT2D eigenvalue weighted by Gasteiger charge is -2.27. The number of hydrogen-bond donors (Lipinski definition) is 0. The Bertz CT molecular complexity index is 1090. The summed E-state index contributed by atoms with van der Waals surface area (Å²) in [6.45, 7) is 3.77. The summed E-state index contributed by atoms with van der Waals surface area (Å²) in [6, 6.07) is 7.70. The van der Waals surface area contributed by atoms with Crippen molar-refractivity contribution in [1.82, 2.24) is 24.6 Å². The van der Waals surface area contributed by atoms with Crippen LogP contribution in [0.15, 0.2) is 36.7 Å². The Morgan fingerprint density at radius 1 is 1.19 bits per heavy atom. The van der Waals surface area contributed by atoms with Crippen LogP contribution in [0.3, 0.4) is 0 Å². The minimum Gasteiger partial charge on any atom is -0.340 e. The highest BCUT2D eigenvalue weighted by Crippen LogP contribution is 2.30. The van der Waals surface area contributed by atoms with E-state index in [1.165, 1.54) is 5.56 Å². The summed E-state index contributed by atoms with van der Waals surface area (Å²) < 4.78 is 1.86. The summed E-state index contributed by atoms with van der Waals surface area (Å²) in [5, 5.41) is 6.44. The van der Waals surface area contributed by atoms with Crippen LogP contribution in [-0.2, 0) is 19.4 Å². The summed E-state index contributed by atoms with van der Waals surface area (Å²) in [6.07, 6.45) is 5.74. The van der Waals surface area contributed by atoms with Gasteiger partial charge in [-0.1, -0.05) is 42.0 Å². The Morgan fingerprint density at radius 2 is 2.04 bits per heavy atom. The first-order chi connectivity index (χ1) is 13.2. The Labute approximate surface area is 165 Å². The number of aromatic nitrogens is 5. The maximum absolute atomic E-state index is 5.97. The molecule has 0 unspecified atom stereocenters. The zero-order chi connectivity index (χ0) is 18.4. The number of aryl methyl sites for hydroxylation is 1. The van der Waals surface area contributed by atoms with E-state index in [1.807, 2.05) is 41.2 Å². The lowest BCUT2D eigenvalue weighted by atomic mass is 10.1. The van der Waals surface area contributed by atoms with Gasteiger partial charge in [-0.05, 0) is 24.1 Å². The van der Waals surface area contributed by atoms with Gasteiger partial charge in [-0.15, -0.1) is 5.10 Å². The number of anilines is 1. The highest BCUT2D eigenvalue weighted by Gasteiger charge is 2.22. The summed E-state index contributed by atoms with van der Waals surface area (Å²) in [5.74, 6) is 0.900. The van der Waals surface area contributed by atoms with E-state index in [-0.39, 0.29) is 0 Å². The molecular formula is C19H17ClN6S. The lowest BCUT2D eigenvalue weighted by molar-refractivity contribution is 0.685. The normalized spacial score (nSPS) is 13.9. The van der Waals surface area contributed by atoms with Crippen LogP contribution >= 0.6 is 22.9 Å². The van der Waals surface area contributed by atoms with Crippen molar-refractivity contribution in [3.63, 3.8) is 0 Å². The van der Waals surface area contributed by atoms with Gasteiger partial charge in [0.15, 0.2) is 0 Å². The van der Waals surface area contributed by atoms with Crippen LogP contribution in [0, 0.1) is 0 Å². The standard InChI is InChI=1S/C19H17ClN6S/c1-2-17-21-9-13-7-8-25(10-15(13)22-17)19-24-26-11-16(23-18(26)27-19)12-3-5-14(20)6-4-12/h3-6,9,11H,2,7-8,10H2,1H3. The van der Waals surface area contributed by atoms with Crippen LogP contribution in [0.2, 0.25) is 5.02 Å². The van der Waals surface area contributed by atoms with Gasteiger partial charge in [-0.2, -0.15) is 0 Å². The molecule has 1 aliphatic rings. The van der Waals surface area contributed by atoms with Gasteiger partial charge in [-0.3, -0.25) is 0 Å². The quantitative estimate of drug-likeness (QED) is 0.523. The minimum absolute atomic E-state index is 0.723. The summed E-state index contributed by atoms with van der Waals surface area (Å²) >= 11 is 7.57. The van der Waals surface area contributed by atoms with Gasteiger partial charge in [0.05, 0.1) is 24.1 Å². The van der Waals surface area contributed by atoms with Crippen molar-refractivity contribution in [1.29, 1.82) is 0 Å². The molecule has 0 atom stereocenters. The molecule has 5 rings (SSSR count). The molecule has 1 aliphatic heterocycles. The van der Waals surface area contributed by atoms with Crippen LogP contribution < -0.4 is 4.90 Å². The zero-order valence-corrected chi connectivity index (χ0v) is 16.3. The molecule has 4 heterocycles. The molecule has 0 saturated carbocycles. The first kappa shape index (κ1) is 16.6.